The van der Waals surface area contributed by atoms with Crippen molar-refractivity contribution < 1.29 is 4.39 Å². The van der Waals surface area contributed by atoms with Gasteiger partial charge in [0.2, 0.25) is 0 Å². The van der Waals surface area contributed by atoms with E-state index < -0.39 is 0 Å². The molecule has 0 saturated carbocycles. The summed E-state index contributed by atoms with van der Waals surface area (Å²) in [5.74, 6) is 6.23. The van der Waals surface area contributed by atoms with Crippen LogP contribution < -0.4 is 16.6 Å². The Morgan fingerprint density at radius 2 is 2.05 bits per heavy atom. The van der Waals surface area contributed by atoms with E-state index in [1.54, 1.807) is 6.07 Å². The molecular formula is C12H13BrFN5. The molecule has 0 aliphatic rings. The average Bonchev–Trinajstić information content (AvgIpc) is 2.41. The van der Waals surface area contributed by atoms with Gasteiger partial charge in [-0.2, -0.15) is 0 Å². The minimum absolute atomic E-state index is 0.227. The van der Waals surface area contributed by atoms with Crippen LogP contribution in [0, 0.1) is 5.82 Å². The van der Waals surface area contributed by atoms with Crippen LogP contribution in [0.15, 0.2) is 35.1 Å². The number of nitrogen functional groups attached to an aromatic ring is 1. The molecule has 0 unspecified atom stereocenters. The lowest BCUT2D eigenvalue weighted by Gasteiger charge is -2.09. The normalized spacial score (nSPS) is 10.3. The molecule has 1 aromatic carbocycles. The van der Waals surface area contributed by atoms with E-state index >= 15 is 0 Å². The van der Waals surface area contributed by atoms with Crippen LogP contribution in [0.3, 0.4) is 0 Å². The maximum absolute atomic E-state index is 13.0. The lowest BCUT2D eigenvalue weighted by molar-refractivity contribution is 0.625. The first-order valence-electron chi connectivity index (χ1n) is 5.66. The number of nitrogens with zero attached hydrogens (tertiary/aromatic N) is 2. The van der Waals surface area contributed by atoms with Crippen LogP contribution in [-0.4, -0.2) is 16.5 Å². The Kier molecular flexibility index (Phi) is 4.64. The Morgan fingerprint density at radius 1 is 1.26 bits per heavy atom. The third kappa shape index (κ3) is 3.62. The highest BCUT2D eigenvalue weighted by molar-refractivity contribution is 9.10. The van der Waals surface area contributed by atoms with E-state index in [1.807, 2.05) is 6.07 Å². The zero-order valence-electron chi connectivity index (χ0n) is 10.0. The molecule has 100 valence electrons. The third-order valence-electron chi connectivity index (χ3n) is 2.52. The van der Waals surface area contributed by atoms with Gasteiger partial charge in [-0.05, 0) is 40.0 Å². The molecule has 2 rings (SSSR count). The number of hydrazine groups is 1. The van der Waals surface area contributed by atoms with Gasteiger partial charge in [0.15, 0.2) is 5.82 Å². The molecule has 0 spiro atoms. The van der Waals surface area contributed by atoms with Gasteiger partial charge in [0, 0.05) is 6.54 Å². The molecule has 19 heavy (non-hydrogen) atoms. The van der Waals surface area contributed by atoms with Crippen molar-refractivity contribution in [3.8, 4) is 0 Å². The van der Waals surface area contributed by atoms with Gasteiger partial charge < -0.3 is 10.7 Å². The molecule has 0 atom stereocenters. The van der Waals surface area contributed by atoms with Crippen molar-refractivity contribution in [3.05, 3.63) is 46.4 Å². The fourth-order valence-electron chi connectivity index (χ4n) is 1.61. The van der Waals surface area contributed by atoms with Gasteiger partial charge in [0.25, 0.3) is 0 Å². The molecule has 0 radical (unpaired) electrons. The quantitative estimate of drug-likeness (QED) is 0.581. The van der Waals surface area contributed by atoms with Gasteiger partial charge >= 0.3 is 0 Å². The SMILES string of the molecule is NNc1ncnc(NCCc2cccc(F)c2)c1Br. The topological polar surface area (TPSA) is 75.9 Å². The fraction of sp³-hybridized carbons (Fsp3) is 0.167. The van der Waals surface area contributed by atoms with E-state index in [9.17, 15) is 4.39 Å². The van der Waals surface area contributed by atoms with E-state index in [1.165, 1.54) is 18.5 Å². The van der Waals surface area contributed by atoms with Crippen molar-refractivity contribution in [1.82, 2.24) is 9.97 Å². The fourth-order valence-corrected chi connectivity index (χ4v) is 2.07. The van der Waals surface area contributed by atoms with Crippen LogP contribution in [0.25, 0.3) is 0 Å². The monoisotopic (exact) mass is 325 g/mol. The second kappa shape index (κ2) is 6.44. The Labute approximate surface area is 118 Å². The van der Waals surface area contributed by atoms with E-state index in [0.29, 0.717) is 29.1 Å². The van der Waals surface area contributed by atoms with Crippen molar-refractivity contribution in [2.45, 2.75) is 6.42 Å². The first kappa shape index (κ1) is 13.7. The van der Waals surface area contributed by atoms with Gasteiger partial charge in [0.1, 0.15) is 22.4 Å². The van der Waals surface area contributed by atoms with Crippen molar-refractivity contribution in [2.24, 2.45) is 5.84 Å². The van der Waals surface area contributed by atoms with Gasteiger partial charge in [0.05, 0.1) is 0 Å². The molecule has 0 bridgehead atoms. The second-order valence-corrected chi connectivity index (χ2v) is 4.63. The number of aromatic nitrogens is 2. The van der Waals surface area contributed by atoms with Gasteiger partial charge in [-0.15, -0.1) is 0 Å². The van der Waals surface area contributed by atoms with Crippen molar-refractivity contribution >= 4 is 27.6 Å². The number of halogens is 2. The summed E-state index contributed by atoms with van der Waals surface area (Å²) in [7, 11) is 0. The minimum atomic E-state index is -0.227. The summed E-state index contributed by atoms with van der Waals surface area (Å²) in [5, 5.41) is 3.14. The molecule has 0 aliphatic carbocycles. The summed E-state index contributed by atoms with van der Waals surface area (Å²) < 4.78 is 13.7. The van der Waals surface area contributed by atoms with E-state index in [4.69, 9.17) is 5.84 Å². The Hall–Kier alpha value is -1.73. The molecule has 4 N–H and O–H groups in total. The van der Waals surface area contributed by atoms with Gasteiger partial charge in [-0.25, -0.2) is 20.2 Å². The third-order valence-corrected chi connectivity index (χ3v) is 3.27. The average molecular weight is 326 g/mol. The number of rotatable bonds is 5. The zero-order valence-corrected chi connectivity index (χ0v) is 11.6. The molecule has 1 heterocycles. The van der Waals surface area contributed by atoms with Crippen molar-refractivity contribution in [2.75, 3.05) is 17.3 Å². The van der Waals surface area contributed by atoms with Crippen LogP contribution in [0.4, 0.5) is 16.0 Å². The molecular weight excluding hydrogens is 313 g/mol. The van der Waals surface area contributed by atoms with E-state index in [2.05, 4.69) is 36.6 Å². The highest BCUT2D eigenvalue weighted by Gasteiger charge is 2.06. The van der Waals surface area contributed by atoms with E-state index in [0.717, 1.165) is 5.56 Å². The second-order valence-electron chi connectivity index (χ2n) is 3.84. The van der Waals surface area contributed by atoms with Gasteiger partial charge in [-0.1, -0.05) is 12.1 Å². The predicted molar refractivity (Wildman–Crippen MR) is 76.1 cm³/mol. The predicted octanol–water partition coefficient (Wildman–Crippen LogP) is 2.32. The molecule has 0 saturated heterocycles. The summed E-state index contributed by atoms with van der Waals surface area (Å²) in [4.78, 5) is 8.05. The van der Waals surface area contributed by atoms with Gasteiger partial charge in [-0.3, -0.25) is 0 Å². The molecule has 7 heteroatoms. The highest BCUT2D eigenvalue weighted by Crippen LogP contribution is 2.25. The van der Waals surface area contributed by atoms with Crippen LogP contribution in [0.5, 0.6) is 0 Å². The summed E-state index contributed by atoms with van der Waals surface area (Å²) >= 11 is 3.35. The lowest BCUT2D eigenvalue weighted by Crippen LogP contribution is -2.12. The lowest BCUT2D eigenvalue weighted by atomic mass is 10.1. The molecule has 0 fully saturated rings. The zero-order chi connectivity index (χ0) is 13.7. The Balaban J connectivity index is 1.96. The molecule has 1 aromatic heterocycles. The minimum Gasteiger partial charge on any atom is -0.369 e. The maximum atomic E-state index is 13.0. The smallest absolute Gasteiger partial charge is 0.159 e. The maximum Gasteiger partial charge on any atom is 0.159 e. The molecule has 2 aromatic rings. The van der Waals surface area contributed by atoms with E-state index in [-0.39, 0.29) is 5.82 Å². The van der Waals surface area contributed by atoms with Crippen molar-refractivity contribution in [3.63, 3.8) is 0 Å². The number of hydrogen-bond acceptors (Lipinski definition) is 5. The number of hydrogen-bond donors (Lipinski definition) is 3. The summed E-state index contributed by atoms with van der Waals surface area (Å²) in [6.07, 6.45) is 2.10. The van der Waals surface area contributed by atoms with Crippen LogP contribution in [0.2, 0.25) is 0 Å². The Bertz CT molecular complexity index is 564. The standard InChI is InChI=1S/C12H13BrFN5/c13-10-11(17-7-18-12(10)19-15)16-5-4-8-2-1-3-9(14)6-8/h1-3,6-7H,4-5,15H2,(H2,16,17,18,19). The molecule has 5 nitrogen and oxygen atoms in total. The van der Waals surface area contributed by atoms with Crippen LogP contribution in [0.1, 0.15) is 5.56 Å². The number of benzene rings is 1. The first-order chi connectivity index (χ1) is 9.20. The number of anilines is 2. The summed E-state index contributed by atoms with van der Waals surface area (Å²) in [5.41, 5.74) is 3.39. The van der Waals surface area contributed by atoms with Crippen LogP contribution in [-0.2, 0) is 6.42 Å². The highest BCUT2D eigenvalue weighted by atomic mass is 79.9. The number of nitrogens with two attached hydrogens (primary N) is 1. The summed E-state index contributed by atoms with van der Waals surface area (Å²) in [6.45, 7) is 0.628. The molecule has 0 amide bonds. The van der Waals surface area contributed by atoms with Crippen LogP contribution >= 0.6 is 15.9 Å². The largest absolute Gasteiger partial charge is 0.369 e. The molecule has 0 aliphatic heterocycles. The summed E-state index contributed by atoms with van der Waals surface area (Å²) in [6, 6.07) is 6.52. The number of nitrogens with one attached hydrogen (secondary N) is 2. The van der Waals surface area contributed by atoms with Crippen molar-refractivity contribution in [1.29, 1.82) is 0 Å². The first-order valence-corrected chi connectivity index (χ1v) is 6.45. The Morgan fingerprint density at radius 3 is 2.79 bits per heavy atom.